The molecule has 0 radical (unpaired) electrons. The zero-order valence-electron chi connectivity index (χ0n) is 9.32. The minimum Gasteiger partial charge on any atom is -0.207 e. The molecule has 0 N–H and O–H groups in total. The number of alkyl halides is 1. The topological polar surface area (TPSA) is 37.4 Å². The van der Waals surface area contributed by atoms with E-state index in [9.17, 15) is 17.2 Å². The van der Waals surface area contributed by atoms with Crippen LogP contribution in [0.1, 0.15) is 6.92 Å². The molecule has 0 amide bonds. The molecule has 0 saturated carbocycles. The fourth-order valence-corrected chi connectivity index (χ4v) is 2.89. The molecular formula is C10H12ClF2NO2S. The van der Waals surface area contributed by atoms with Gasteiger partial charge in [0.2, 0.25) is 10.0 Å². The van der Waals surface area contributed by atoms with E-state index in [1.807, 2.05) is 0 Å². The first-order valence-electron chi connectivity index (χ1n) is 4.80. The first-order valence-corrected chi connectivity index (χ1v) is 6.68. The van der Waals surface area contributed by atoms with Gasteiger partial charge in [0.05, 0.1) is 0 Å². The highest BCUT2D eigenvalue weighted by atomic mass is 35.5. The lowest BCUT2D eigenvalue weighted by molar-refractivity contribution is 0.462. The molecule has 0 aromatic heterocycles. The molecule has 1 atom stereocenters. The molecule has 1 unspecified atom stereocenters. The van der Waals surface area contributed by atoms with Gasteiger partial charge in [-0.25, -0.2) is 17.2 Å². The smallest absolute Gasteiger partial charge is 0.207 e. The molecule has 1 rings (SSSR count). The van der Waals surface area contributed by atoms with Gasteiger partial charge in [-0.05, 0) is 19.1 Å². The summed E-state index contributed by atoms with van der Waals surface area (Å²) in [5, 5.41) is -0.404. The molecule has 0 heterocycles. The second kappa shape index (κ2) is 5.29. The van der Waals surface area contributed by atoms with Gasteiger partial charge in [0, 0.05) is 25.0 Å². The van der Waals surface area contributed by atoms with Gasteiger partial charge >= 0.3 is 0 Å². The normalized spacial score (nSPS) is 14.0. The van der Waals surface area contributed by atoms with Crippen LogP contribution in [-0.4, -0.2) is 31.7 Å². The van der Waals surface area contributed by atoms with Crippen LogP contribution in [0.4, 0.5) is 8.78 Å². The molecule has 0 bridgehead atoms. The molecule has 0 fully saturated rings. The Hall–Kier alpha value is -0.720. The molecule has 1 aromatic carbocycles. The average molecular weight is 284 g/mol. The molecule has 96 valence electrons. The molecular weight excluding hydrogens is 272 g/mol. The van der Waals surface area contributed by atoms with Crippen LogP contribution in [0.3, 0.4) is 0 Å². The van der Waals surface area contributed by atoms with Crippen molar-refractivity contribution in [3.63, 3.8) is 0 Å². The quantitative estimate of drug-likeness (QED) is 0.795. The number of sulfonamides is 1. The maximum atomic E-state index is 13.4. The lowest BCUT2D eigenvalue weighted by Crippen LogP contribution is -2.32. The van der Waals surface area contributed by atoms with Crippen LogP contribution >= 0.6 is 11.6 Å². The van der Waals surface area contributed by atoms with Crippen LogP contribution in [0.5, 0.6) is 0 Å². The highest BCUT2D eigenvalue weighted by molar-refractivity contribution is 7.89. The van der Waals surface area contributed by atoms with E-state index in [4.69, 9.17) is 11.6 Å². The van der Waals surface area contributed by atoms with Gasteiger partial charge in [0.15, 0.2) is 0 Å². The molecule has 0 spiro atoms. The van der Waals surface area contributed by atoms with Crippen molar-refractivity contribution in [2.75, 3.05) is 13.6 Å². The van der Waals surface area contributed by atoms with Gasteiger partial charge in [-0.15, -0.1) is 11.6 Å². The third kappa shape index (κ3) is 3.37. The van der Waals surface area contributed by atoms with Gasteiger partial charge in [0.25, 0.3) is 0 Å². The summed E-state index contributed by atoms with van der Waals surface area (Å²) in [6, 6.07) is 2.33. The highest BCUT2D eigenvalue weighted by Gasteiger charge is 2.25. The largest absolute Gasteiger partial charge is 0.245 e. The third-order valence-corrected chi connectivity index (χ3v) is 4.09. The summed E-state index contributed by atoms with van der Waals surface area (Å²) in [5.74, 6) is -1.94. The van der Waals surface area contributed by atoms with Gasteiger partial charge < -0.3 is 0 Å². The Bertz CT molecular complexity index is 505. The number of rotatable bonds is 4. The fourth-order valence-electron chi connectivity index (χ4n) is 1.30. The van der Waals surface area contributed by atoms with Crippen molar-refractivity contribution in [3.8, 4) is 0 Å². The monoisotopic (exact) mass is 283 g/mol. The predicted molar refractivity (Wildman–Crippen MR) is 61.5 cm³/mol. The Kier molecular flexibility index (Phi) is 4.46. The summed E-state index contributed by atoms with van der Waals surface area (Å²) in [5.41, 5.74) is 0. The maximum absolute atomic E-state index is 13.4. The summed E-state index contributed by atoms with van der Waals surface area (Å²) in [6.45, 7) is 1.66. The van der Waals surface area contributed by atoms with Crippen LogP contribution in [-0.2, 0) is 10.0 Å². The van der Waals surface area contributed by atoms with E-state index in [0.29, 0.717) is 6.07 Å². The van der Waals surface area contributed by atoms with E-state index in [2.05, 4.69) is 0 Å². The van der Waals surface area contributed by atoms with E-state index in [1.165, 1.54) is 7.05 Å². The first-order chi connectivity index (χ1) is 7.75. The van der Waals surface area contributed by atoms with E-state index in [0.717, 1.165) is 16.4 Å². The van der Waals surface area contributed by atoms with Crippen molar-refractivity contribution in [2.24, 2.45) is 0 Å². The number of nitrogens with zero attached hydrogens (tertiary/aromatic N) is 1. The van der Waals surface area contributed by atoms with Gasteiger partial charge in [-0.1, -0.05) is 0 Å². The van der Waals surface area contributed by atoms with E-state index < -0.39 is 31.9 Å². The standard InChI is InChI=1S/C10H12ClF2NO2S/c1-7(11)6-14(2)17(15,16)10-4-3-8(12)5-9(10)13/h3-5,7H,6H2,1-2H3. The summed E-state index contributed by atoms with van der Waals surface area (Å²) in [6.07, 6.45) is 0. The second-order valence-corrected chi connectivity index (χ2v) is 6.40. The van der Waals surface area contributed by atoms with Crippen molar-refractivity contribution in [1.82, 2.24) is 4.31 Å². The number of hydrogen-bond acceptors (Lipinski definition) is 2. The van der Waals surface area contributed by atoms with Gasteiger partial charge in [-0.2, -0.15) is 4.31 Å². The fraction of sp³-hybridized carbons (Fsp3) is 0.400. The predicted octanol–water partition coefficient (Wildman–Crippen LogP) is 2.21. The molecule has 3 nitrogen and oxygen atoms in total. The van der Waals surface area contributed by atoms with Crippen molar-refractivity contribution >= 4 is 21.6 Å². The summed E-state index contributed by atoms with van der Waals surface area (Å²) in [7, 11) is -2.69. The number of hydrogen-bond donors (Lipinski definition) is 0. The number of halogens is 3. The van der Waals surface area contributed by atoms with E-state index in [1.54, 1.807) is 6.92 Å². The van der Waals surface area contributed by atoms with Crippen LogP contribution in [0.15, 0.2) is 23.1 Å². The van der Waals surface area contributed by atoms with Gasteiger partial charge in [-0.3, -0.25) is 0 Å². The third-order valence-electron chi connectivity index (χ3n) is 2.09. The summed E-state index contributed by atoms with van der Waals surface area (Å²) >= 11 is 5.67. The molecule has 17 heavy (non-hydrogen) atoms. The Balaban J connectivity index is 3.13. The molecule has 0 aliphatic heterocycles. The lowest BCUT2D eigenvalue weighted by atomic mass is 10.3. The van der Waals surface area contributed by atoms with Crippen molar-refractivity contribution < 1.29 is 17.2 Å². The Morgan fingerprint density at radius 3 is 2.47 bits per heavy atom. The minimum absolute atomic E-state index is 0.0424. The summed E-state index contributed by atoms with van der Waals surface area (Å²) in [4.78, 5) is -0.557. The van der Waals surface area contributed by atoms with Crippen LogP contribution in [0.25, 0.3) is 0 Å². The van der Waals surface area contributed by atoms with Crippen LogP contribution < -0.4 is 0 Å². The average Bonchev–Trinajstić information content (AvgIpc) is 2.15. The van der Waals surface area contributed by atoms with Crippen molar-refractivity contribution in [3.05, 3.63) is 29.8 Å². The summed E-state index contributed by atoms with van der Waals surface area (Å²) < 4.78 is 50.8. The second-order valence-electron chi connectivity index (χ2n) is 3.64. The number of benzene rings is 1. The van der Waals surface area contributed by atoms with Gasteiger partial charge in [0.1, 0.15) is 16.5 Å². The SMILES string of the molecule is CC(Cl)CN(C)S(=O)(=O)c1ccc(F)cc1F. The molecule has 0 aliphatic carbocycles. The Morgan fingerprint density at radius 2 is 2.00 bits per heavy atom. The van der Waals surface area contributed by atoms with Crippen molar-refractivity contribution in [1.29, 1.82) is 0 Å². The van der Waals surface area contributed by atoms with Crippen LogP contribution in [0.2, 0.25) is 0 Å². The zero-order chi connectivity index (χ0) is 13.2. The minimum atomic E-state index is -3.97. The maximum Gasteiger partial charge on any atom is 0.245 e. The Labute approximate surface area is 104 Å². The molecule has 0 saturated heterocycles. The van der Waals surface area contributed by atoms with Crippen molar-refractivity contribution in [2.45, 2.75) is 17.2 Å². The highest BCUT2D eigenvalue weighted by Crippen LogP contribution is 2.19. The lowest BCUT2D eigenvalue weighted by Gasteiger charge is -2.18. The molecule has 0 aliphatic rings. The molecule has 7 heteroatoms. The first kappa shape index (κ1) is 14.3. The van der Waals surface area contributed by atoms with E-state index >= 15 is 0 Å². The Morgan fingerprint density at radius 1 is 1.41 bits per heavy atom. The molecule has 1 aromatic rings. The van der Waals surface area contributed by atoms with Crippen LogP contribution in [0, 0.1) is 11.6 Å². The van der Waals surface area contributed by atoms with E-state index in [-0.39, 0.29) is 6.54 Å². The zero-order valence-corrected chi connectivity index (χ0v) is 10.9.